The van der Waals surface area contributed by atoms with Crippen LogP contribution in [0.3, 0.4) is 0 Å². The number of nitrogens with one attached hydrogen (secondary N) is 1. The highest BCUT2D eigenvalue weighted by atomic mass is 16.5. The fourth-order valence-corrected chi connectivity index (χ4v) is 2.35. The summed E-state index contributed by atoms with van der Waals surface area (Å²) in [5.41, 5.74) is 7.98. The van der Waals surface area contributed by atoms with Crippen molar-refractivity contribution in [3.63, 3.8) is 0 Å². The molecule has 0 aliphatic rings. The molecule has 7 nitrogen and oxygen atoms in total. The Morgan fingerprint density at radius 3 is 2.44 bits per heavy atom. The number of H-pyrrole nitrogens is 1. The number of nitrogen functional groups attached to an aromatic ring is 1. The van der Waals surface area contributed by atoms with E-state index in [2.05, 4.69) is 15.0 Å². The number of benzene rings is 1. The van der Waals surface area contributed by atoms with Gasteiger partial charge in [-0.15, -0.1) is 0 Å². The maximum Gasteiger partial charge on any atom is 0.360 e. The number of rotatable bonds is 4. The molecule has 7 heteroatoms. The second-order valence-corrected chi connectivity index (χ2v) is 5.18. The molecule has 0 aliphatic heterocycles. The number of ether oxygens (including phenoxy) is 1. The van der Waals surface area contributed by atoms with Crippen molar-refractivity contribution in [3.05, 3.63) is 64.7 Å². The van der Waals surface area contributed by atoms with Crippen LogP contribution in [0.2, 0.25) is 0 Å². The highest BCUT2D eigenvalue weighted by molar-refractivity contribution is 5.94. The largest absolute Gasteiger partial charge is 0.461 e. The van der Waals surface area contributed by atoms with Gasteiger partial charge in [0.1, 0.15) is 0 Å². The molecule has 2 heterocycles. The van der Waals surface area contributed by atoms with Crippen molar-refractivity contribution in [1.82, 2.24) is 15.0 Å². The number of nitrogens with zero attached hydrogens (tertiary/aromatic N) is 2. The first kappa shape index (κ1) is 16.4. The van der Waals surface area contributed by atoms with Gasteiger partial charge in [-0.05, 0) is 13.0 Å². The van der Waals surface area contributed by atoms with Gasteiger partial charge in [-0.1, -0.05) is 30.3 Å². The Kier molecular flexibility index (Phi) is 4.56. The molecule has 3 aromatic rings. The molecule has 0 saturated heterocycles. The van der Waals surface area contributed by atoms with E-state index in [-0.39, 0.29) is 23.7 Å². The Bertz CT molecular complexity index is 947. The summed E-state index contributed by atoms with van der Waals surface area (Å²) in [5.74, 6) is -0.650. The predicted octanol–water partition coefficient (Wildman–Crippen LogP) is 2.26. The van der Waals surface area contributed by atoms with Gasteiger partial charge in [-0.25, -0.2) is 14.8 Å². The summed E-state index contributed by atoms with van der Waals surface area (Å²) in [6.07, 6.45) is 1.52. The van der Waals surface area contributed by atoms with Crippen molar-refractivity contribution in [2.75, 3.05) is 12.3 Å². The molecule has 1 aromatic carbocycles. The molecular formula is C18H16N4O3. The standard InChI is InChI=1S/C18H16N4O3/c1-2-25-18(24)16-17(19)22-14(11-6-4-3-5-7-11)15(21-16)12-8-9-13(23)20-10-12/h3-10H,2H2,1H3,(H2,19,22)(H,20,23). The topological polar surface area (TPSA) is 111 Å². The Morgan fingerprint density at radius 2 is 1.80 bits per heavy atom. The number of nitrogens with two attached hydrogens (primary N) is 1. The van der Waals surface area contributed by atoms with Gasteiger partial charge in [0.25, 0.3) is 0 Å². The number of pyridine rings is 1. The summed E-state index contributed by atoms with van der Waals surface area (Å²) in [7, 11) is 0. The normalized spacial score (nSPS) is 10.4. The molecule has 3 rings (SSSR count). The average Bonchev–Trinajstić information content (AvgIpc) is 2.63. The van der Waals surface area contributed by atoms with E-state index in [4.69, 9.17) is 10.5 Å². The lowest BCUT2D eigenvalue weighted by Gasteiger charge is -2.12. The van der Waals surface area contributed by atoms with Gasteiger partial charge < -0.3 is 15.5 Å². The molecule has 0 fully saturated rings. The van der Waals surface area contributed by atoms with Crippen molar-refractivity contribution in [2.45, 2.75) is 6.92 Å². The van der Waals surface area contributed by atoms with Crippen LogP contribution in [0, 0.1) is 0 Å². The monoisotopic (exact) mass is 336 g/mol. The third kappa shape index (κ3) is 3.40. The van der Waals surface area contributed by atoms with E-state index < -0.39 is 5.97 Å². The molecule has 0 saturated carbocycles. The van der Waals surface area contributed by atoms with Gasteiger partial charge in [0.2, 0.25) is 5.56 Å². The lowest BCUT2D eigenvalue weighted by molar-refractivity contribution is 0.0520. The number of esters is 1. The van der Waals surface area contributed by atoms with E-state index in [0.29, 0.717) is 17.0 Å². The number of anilines is 1. The van der Waals surface area contributed by atoms with Crippen LogP contribution in [0.25, 0.3) is 22.5 Å². The van der Waals surface area contributed by atoms with Crippen LogP contribution in [0.5, 0.6) is 0 Å². The van der Waals surface area contributed by atoms with Crippen LogP contribution in [0.15, 0.2) is 53.5 Å². The van der Waals surface area contributed by atoms with Crippen LogP contribution in [-0.2, 0) is 4.74 Å². The Morgan fingerprint density at radius 1 is 1.08 bits per heavy atom. The molecule has 0 unspecified atom stereocenters. The van der Waals surface area contributed by atoms with E-state index >= 15 is 0 Å². The van der Waals surface area contributed by atoms with Gasteiger partial charge in [-0.3, -0.25) is 4.79 Å². The van der Waals surface area contributed by atoms with E-state index in [9.17, 15) is 9.59 Å². The minimum Gasteiger partial charge on any atom is -0.461 e. The summed E-state index contributed by atoms with van der Waals surface area (Å²) in [5, 5.41) is 0. The minimum absolute atomic E-state index is 0.00882. The second-order valence-electron chi connectivity index (χ2n) is 5.18. The van der Waals surface area contributed by atoms with Crippen LogP contribution >= 0.6 is 0 Å². The molecule has 3 N–H and O–H groups in total. The van der Waals surface area contributed by atoms with Crippen molar-refractivity contribution < 1.29 is 9.53 Å². The fourth-order valence-electron chi connectivity index (χ4n) is 2.35. The second kappa shape index (κ2) is 6.96. The van der Waals surface area contributed by atoms with Crippen molar-refractivity contribution >= 4 is 11.8 Å². The van der Waals surface area contributed by atoms with E-state index in [1.165, 1.54) is 12.3 Å². The lowest BCUT2D eigenvalue weighted by atomic mass is 10.1. The third-order valence-corrected chi connectivity index (χ3v) is 3.50. The third-order valence-electron chi connectivity index (χ3n) is 3.50. The van der Waals surface area contributed by atoms with E-state index in [1.807, 2.05) is 30.3 Å². The molecule has 0 radical (unpaired) electrons. The predicted molar refractivity (Wildman–Crippen MR) is 93.9 cm³/mol. The van der Waals surface area contributed by atoms with E-state index in [0.717, 1.165) is 5.56 Å². The van der Waals surface area contributed by atoms with Gasteiger partial charge in [0, 0.05) is 23.4 Å². The first-order valence-corrected chi connectivity index (χ1v) is 7.69. The van der Waals surface area contributed by atoms with Crippen molar-refractivity contribution in [2.24, 2.45) is 0 Å². The van der Waals surface area contributed by atoms with Crippen LogP contribution < -0.4 is 11.3 Å². The Hall–Kier alpha value is -3.48. The fraction of sp³-hybridized carbons (Fsp3) is 0.111. The van der Waals surface area contributed by atoms with Crippen LogP contribution in [0.1, 0.15) is 17.4 Å². The van der Waals surface area contributed by atoms with E-state index in [1.54, 1.807) is 13.0 Å². The zero-order valence-electron chi connectivity index (χ0n) is 13.5. The number of aromatic nitrogens is 3. The zero-order chi connectivity index (χ0) is 17.8. The maximum atomic E-state index is 12.1. The molecule has 0 atom stereocenters. The van der Waals surface area contributed by atoms with Crippen LogP contribution in [-0.4, -0.2) is 27.5 Å². The summed E-state index contributed by atoms with van der Waals surface area (Å²) < 4.78 is 4.99. The smallest absolute Gasteiger partial charge is 0.360 e. The Labute approximate surface area is 143 Å². The van der Waals surface area contributed by atoms with Gasteiger partial charge in [0.05, 0.1) is 18.0 Å². The molecule has 126 valence electrons. The van der Waals surface area contributed by atoms with Crippen LogP contribution in [0.4, 0.5) is 5.82 Å². The number of hydrogen-bond donors (Lipinski definition) is 2. The number of hydrogen-bond acceptors (Lipinski definition) is 6. The van der Waals surface area contributed by atoms with Gasteiger partial charge >= 0.3 is 5.97 Å². The SMILES string of the molecule is CCOC(=O)c1nc(-c2ccc(=O)[nH]c2)c(-c2ccccc2)nc1N. The molecule has 2 aromatic heterocycles. The summed E-state index contributed by atoms with van der Waals surface area (Å²) in [4.78, 5) is 34.8. The molecule has 25 heavy (non-hydrogen) atoms. The zero-order valence-corrected chi connectivity index (χ0v) is 13.5. The Balaban J connectivity index is 2.24. The summed E-state index contributed by atoms with van der Waals surface area (Å²) in [6.45, 7) is 1.90. The first-order chi connectivity index (χ1) is 12.1. The molecule has 0 bridgehead atoms. The van der Waals surface area contributed by atoms with Crippen molar-refractivity contribution in [3.8, 4) is 22.5 Å². The lowest BCUT2D eigenvalue weighted by Crippen LogP contribution is -2.14. The highest BCUT2D eigenvalue weighted by Crippen LogP contribution is 2.30. The molecule has 0 spiro atoms. The minimum atomic E-state index is -0.641. The first-order valence-electron chi connectivity index (χ1n) is 7.69. The van der Waals surface area contributed by atoms with Gasteiger partial charge in [0.15, 0.2) is 11.5 Å². The quantitative estimate of drug-likeness (QED) is 0.707. The summed E-state index contributed by atoms with van der Waals surface area (Å²) >= 11 is 0. The van der Waals surface area contributed by atoms with Crippen molar-refractivity contribution in [1.29, 1.82) is 0 Å². The highest BCUT2D eigenvalue weighted by Gasteiger charge is 2.20. The van der Waals surface area contributed by atoms with Gasteiger partial charge in [-0.2, -0.15) is 0 Å². The molecule has 0 amide bonds. The summed E-state index contributed by atoms with van der Waals surface area (Å²) in [6, 6.07) is 12.3. The molecular weight excluding hydrogens is 320 g/mol. The average molecular weight is 336 g/mol. The maximum absolute atomic E-state index is 12.1. The molecule has 0 aliphatic carbocycles. The number of aromatic amines is 1. The number of carbonyl (C=O) groups is 1. The number of carbonyl (C=O) groups excluding carboxylic acids is 1.